The number of anilines is 1. The van der Waals surface area contributed by atoms with E-state index < -0.39 is 4.92 Å². The van der Waals surface area contributed by atoms with E-state index in [1.807, 2.05) is 26.8 Å². The van der Waals surface area contributed by atoms with Crippen LogP contribution in [0.25, 0.3) is 0 Å². The number of hydrogen-bond donors (Lipinski definition) is 2. The molecule has 17 heavy (non-hydrogen) atoms. The third-order valence-corrected chi connectivity index (χ3v) is 2.49. The van der Waals surface area contributed by atoms with Crippen LogP contribution < -0.4 is 5.32 Å². The summed E-state index contributed by atoms with van der Waals surface area (Å²) in [6.07, 6.45) is 0.578. The summed E-state index contributed by atoms with van der Waals surface area (Å²) in [5.41, 5.74) is 1.32. The zero-order valence-corrected chi connectivity index (χ0v) is 10.4. The molecule has 0 heterocycles. The number of nitrogens with one attached hydrogen (secondary N) is 1. The molecule has 5 nitrogen and oxygen atoms in total. The molecule has 0 aliphatic rings. The minimum Gasteiger partial charge on any atom is -0.396 e. The Morgan fingerprint density at radius 3 is 2.59 bits per heavy atom. The Hall–Kier alpha value is -1.62. The van der Waals surface area contributed by atoms with Gasteiger partial charge in [-0.1, -0.05) is 0 Å². The van der Waals surface area contributed by atoms with E-state index in [9.17, 15) is 10.1 Å². The van der Waals surface area contributed by atoms with Crippen LogP contribution in [0.15, 0.2) is 18.2 Å². The molecule has 0 aromatic heterocycles. The van der Waals surface area contributed by atoms with Crippen LogP contribution in [0.5, 0.6) is 0 Å². The number of aryl methyl sites for hydroxylation is 1. The highest BCUT2D eigenvalue weighted by Crippen LogP contribution is 2.24. The van der Waals surface area contributed by atoms with E-state index in [-0.39, 0.29) is 17.8 Å². The van der Waals surface area contributed by atoms with Gasteiger partial charge in [0, 0.05) is 30.0 Å². The number of non-ortho nitro benzene ring substituents is 1. The van der Waals surface area contributed by atoms with Crippen LogP contribution in [-0.2, 0) is 0 Å². The van der Waals surface area contributed by atoms with Gasteiger partial charge in [-0.3, -0.25) is 10.1 Å². The summed E-state index contributed by atoms with van der Waals surface area (Å²) < 4.78 is 0. The van der Waals surface area contributed by atoms with Crippen molar-refractivity contribution in [3.05, 3.63) is 33.9 Å². The van der Waals surface area contributed by atoms with E-state index in [1.165, 1.54) is 12.1 Å². The average molecular weight is 238 g/mol. The fourth-order valence-electron chi connectivity index (χ4n) is 1.67. The quantitative estimate of drug-likeness (QED) is 0.610. The number of aliphatic hydroxyl groups excluding tert-OH is 1. The van der Waals surface area contributed by atoms with E-state index >= 15 is 0 Å². The highest BCUT2D eigenvalue weighted by atomic mass is 16.6. The van der Waals surface area contributed by atoms with Crippen LogP contribution in [0.3, 0.4) is 0 Å². The van der Waals surface area contributed by atoms with E-state index in [4.69, 9.17) is 5.11 Å². The lowest BCUT2D eigenvalue weighted by Gasteiger charge is -2.26. The highest BCUT2D eigenvalue weighted by Gasteiger charge is 2.18. The van der Waals surface area contributed by atoms with Crippen molar-refractivity contribution in [2.45, 2.75) is 32.7 Å². The van der Waals surface area contributed by atoms with Crippen molar-refractivity contribution in [2.75, 3.05) is 11.9 Å². The molecule has 0 unspecified atom stereocenters. The summed E-state index contributed by atoms with van der Waals surface area (Å²) in [5.74, 6) is 0. The van der Waals surface area contributed by atoms with Gasteiger partial charge in [0.25, 0.3) is 5.69 Å². The number of aliphatic hydroxyl groups is 1. The number of rotatable bonds is 5. The third kappa shape index (κ3) is 4.03. The Morgan fingerprint density at radius 1 is 1.41 bits per heavy atom. The van der Waals surface area contributed by atoms with Crippen LogP contribution in [0.2, 0.25) is 0 Å². The van der Waals surface area contributed by atoms with Gasteiger partial charge in [0.2, 0.25) is 0 Å². The predicted molar refractivity (Wildman–Crippen MR) is 67.2 cm³/mol. The first-order valence-corrected chi connectivity index (χ1v) is 5.49. The zero-order chi connectivity index (χ0) is 13.1. The average Bonchev–Trinajstić information content (AvgIpc) is 2.15. The molecule has 0 amide bonds. The van der Waals surface area contributed by atoms with E-state index in [0.717, 1.165) is 5.56 Å². The van der Waals surface area contributed by atoms with Gasteiger partial charge in [0.05, 0.1) is 4.92 Å². The first-order valence-electron chi connectivity index (χ1n) is 5.49. The van der Waals surface area contributed by atoms with Gasteiger partial charge in [-0.05, 0) is 38.8 Å². The van der Waals surface area contributed by atoms with Crippen LogP contribution in [0, 0.1) is 17.0 Å². The summed E-state index contributed by atoms with van der Waals surface area (Å²) in [5, 5.41) is 22.9. The molecule has 5 heteroatoms. The summed E-state index contributed by atoms with van der Waals surface area (Å²) in [7, 11) is 0. The maximum Gasteiger partial charge on any atom is 0.271 e. The Labute approximate surface area is 101 Å². The minimum atomic E-state index is -0.406. The van der Waals surface area contributed by atoms with E-state index in [1.54, 1.807) is 0 Å². The Kier molecular flexibility index (Phi) is 4.07. The SMILES string of the molecule is Cc1cc(NC(C)(C)CCO)cc([N+](=O)[O-])c1. The summed E-state index contributed by atoms with van der Waals surface area (Å²) in [4.78, 5) is 10.3. The van der Waals surface area contributed by atoms with Crippen molar-refractivity contribution < 1.29 is 10.0 Å². The molecule has 0 fully saturated rings. The first kappa shape index (κ1) is 13.4. The molecule has 0 bridgehead atoms. The van der Waals surface area contributed by atoms with Crippen molar-refractivity contribution >= 4 is 11.4 Å². The molecule has 2 N–H and O–H groups in total. The second-order valence-corrected chi connectivity index (χ2v) is 4.80. The van der Waals surface area contributed by atoms with Crippen LogP contribution >= 0.6 is 0 Å². The smallest absolute Gasteiger partial charge is 0.271 e. The molecule has 0 radical (unpaired) electrons. The molecule has 1 aromatic rings. The van der Waals surface area contributed by atoms with Crippen molar-refractivity contribution in [3.63, 3.8) is 0 Å². The van der Waals surface area contributed by atoms with E-state index in [0.29, 0.717) is 12.1 Å². The molecule has 94 valence electrons. The van der Waals surface area contributed by atoms with Crippen molar-refractivity contribution in [2.24, 2.45) is 0 Å². The van der Waals surface area contributed by atoms with Crippen LogP contribution in [0.4, 0.5) is 11.4 Å². The summed E-state index contributed by atoms with van der Waals surface area (Å²) in [6, 6.07) is 4.89. The van der Waals surface area contributed by atoms with Crippen molar-refractivity contribution in [1.82, 2.24) is 0 Å². The van der Waals surface area contributed by atoms with Crippen LogP contribution in [-0.4, -0.2) is 22.2 Å². The molecule has 0 spiro atoms. The number of benzene rings is 1. The predicted octanol–water partition coefficient (Wildman–Crippen LogP) is 2.48. The molecule has 0 aliphatic heterocycles. The lowest BCUT2D eigenvalue weighted by atomic mass is 10.0. The number of nitrogens with zero attached hydrogens (tertiary/aromatic N) is 1. The molecule has 0 saturated carbocycles. The number of nitro groups is 1. The highest BCUT2D eigenvalue weighted by molar-refractivity contribution is 5.54. The molecule has 1 aromatic carbocycles. The molecular formula is C12H18N2O3. The molecule has 0 atom stereocenters. The third-order valence-electron chi connectivity index (χ3n) is 2.49. The van der Waals surface area contributed by atoms with Crippen molar-refractivity contribution in [3.8, 4) is 0 Å². The van der Waals surface area contributed by atoms with Gasteiger partial charge in [0.1, 0.15) is 0 Å². The van der Waals surface area contributed by atoms with Gasteiger partial charge in [-0.2, -0.15) is 0 Å². The maximum absolute atomic E-state index is 10.7. The second-order valence-electron chi connectivity index (χ2n) is 4.80. The van der Waals surface area contributed by atoms with Crippen molar-refractivity contribution in [1.29, 1.82) is 0 Å². The second kappa shape index (κ2) is 5.14. The van der Waals surface area contributed by atoms with Gasteiger partial charge in [-0.25, -0.2) is 0 Å². The standard InChI is InChI=1S/C12H18N2O3/c1-9-6-10(8-11(7-9)14(16)17)13-12(2,3)4-5-15/h6-8,13,15H,4-5H2,1-3H3. The lowest BCUT2D eigenvalue weighted by Crippen LogP contribution is -2.31. The normalized spacial score (nSPS) is 11.3. The number of hydrogen-bond acceptors (Lipinski definition) is 4. The largest absolute Gasteiger partial charge is 0.396 e. The Bertz CT molecular complexity index is 416. The molecule has 1 rings (SSSR count). The Balaban J connectivity index is 2.95. The fraction of sp³-hybridized carbons (Fsp3) is 0.500. The van der Waals surface area contributed by atoms with E-state index in [2.05, 4.69) is 5.32 Å². The number of nitro benzene ring substituents is 1. The zero-order valence-electron chi connectivity index (χ0n) is 10.4. The Morgan fingerprint density at radius 2 is 2.06 bits per heavy atom. The topological polar surface area (TPSA) is 75.4 Å². The van der Waals surface area contributed by atoms with Gasteiger partial charge < -0.3 is 10.4 Å². The molecular weight excluding hydrogens is 220 g/mol. The van der Waals surface area contributed by atoms with Gasteiger partial charge in [0.15, 0.2) is 0 Å². The van der Waals surface area contributed by atoms with Crippen LogP contribution in [0.1, 0.15) is 25.8 Å². The summed E-state index contributed by atoms with van der Waals surface area (Å²) in [6.45, 7) is 5.78. The lowest BCUT2D eigenvalue weighted by molar-refractivity contribution is -0.384. The van der Waals surface area contributed by atoms with Gasteiger partial charge >= 0.3 is 0 Å². The minimum absolute atomic E-state index is 0.0762. The maximum atomic E-state index is 10.7. The monoisotopic (exact) mass is 238 g/mol. The van der Waals surface area contributed by atoms with Gasteiger partial charge in [-0.15, -0.1) is 0 Å². The fourth-order valence-corrected chi connectivity index (χ4v) is 1.67. The molecule has 0 saturated heterocycles. The molecule has 0 aliphatic carbocycles. The first-order chi connectivity index (χ1) is 7.84. The summed E-state index contributed by atoms with van der Waals surface area (Å²) >= 11 is 0.